The van der Waals surface area contributed by atoms with Crippen molar-refractivity contribution < 1.29 is 9.53 Å². The van der Waals surface area contributed by atoms with Gasteiger partial charge in [0, 0.05) is 44.5 Å². The monoisotopic (exact) mass is 337 g/mol. The van der Waals surface area contributed by atoms with Crippen molar-refractivity contribution in [3.05, 3.63) is 18.6 Å². The molecule has 1 fully saturated rings. The standard InChI is InChI=1S/C12H19N5O2.2ClH/c18-12(7-10-9-19-6-5-14-10)17-4-3-16-11-8-13-1-2-15-11;;/h1-2,8,10,14H,3-7,9H2,(H,15,16)(H,17,18);2*1H. The van der Waals surface area contributed by atoms with Crippen molar-refractivity contribution in [1.82, 2.24) is 20.6 Å². The number of nitrogens with zero attached hydrogens (tertiary/aromatic N) is 2. The van der Waals surface area contributed by atoms with E-state index in [1.807, 2.05) is 0 Å². The fourth-order valence-electron chi connectivity index (χ4n) is 1.83. The molecule has 0 aromatic carbocycles. The molecule has 0 bridgehead atoms. The lowest BCUT2D eigenvalue weighted by Crippen LogP contribution is -2.44. The van der Waals surface area contributed by atoms with E-state index < -0.39 is 0 Å². The van der Waals surface area contributed by atoms with E-state index in [1.165, 1.54) is 0 Å². The van der Waals surface area contributed by atoms with E-state index in [0.29, 0.717) is 31.9 Å². The lowest BCUT2D eigenvalue weighted by molar-refractivity contribution is -0.122. The second-order valence-corrected chi connectivity index (χ2v) is 4.30. The number of amides is 1. The summed E-state index contributed by atoms with van der Waals surface area (Å²) in [6.07, 6.45) is 5.33. The molecule has 21 heavy (non-hydrogen) atoms. The number of nitrogens with one attached hydrogen (secondary N) is 3. The van der Waals surface area contributed by atoms with Crippen LogP contribution in [0.2, 0.25) is 0 Å². The molecule has 120 valence electrons. The van der Waals surface area contributed by atoms with Crippen LogP contribution in [0.5, 0.6) is 0 Å². The molecule has 9 heteroatoms. The molecule has 1 aromatic rings. The summed E-state index contributed by atoms with van der Waals surface area (Å²) in [5, 5.41) is 9.18. The fourth-order valence-corrected chi connectivity index (χ4v) is 1.83. The van der Waals surface area contributed by atoms with Crippen LogP contribution in [0.4, 0.5) is 5.82 Å². The number of carbonyl (C=O) groups is 1. The average molecular weight is 338 g/mol. The van der Waals surface area contributed by atoms with Crippen LogP contribution in [0.1, 0.15) is 6.42 Å². The molecule has 1 unspecified atom stereocenters. The van der Waals surface area contributed by atoms with Crippen molar-refractivity contribution in [2.24, 2.45) is 0 Å². The van der Waals surface area contributed by atoms with Crippen LogP contribution in [-0.2, 0) is 9.53 Å². The first kappa shape index (κ1) is 19.9. The van der Waals surface area contributed by atoms with Crippen LogP contribution in [0, 0.1) is 0 Å². The number of carbonyl (C=O) groups excluding carboxylic acids is 1. The lowest BCUT2D eigenvalue weighted by atomic mass is 10.2. The van der Waals surface area contributed by atoms with E-state index in [0.717, 1.165) is 13.2 Å². The third-order valence-electron chi connectivity index (χ3n) is 2.75. The van der Waals surface area contributed by atoms with Crippen LogP contribution < -0.4 is 16.0 Å². The predicted molar refractivity (Wildman–Crippen MR) is 85.3 cm³/mol. The summed E-state index contributed by atoms with van der Waals surface area (Å²) in [4.78, 5) is 19.7. The molecule has 0 aliphatic carbocycles. The van der Waals surface area contributed by atoms with Gasteiger partial charge in [-0.3, -0.25) is 9.78 Å². The summed E-state index contributed by atoms with van der Waals surface area (Å²) in [6.45, 7) is 3.32. The van der Waals surface area contributed by atoms with E-state index in [1.54, 1.807) is 18.6 Å². The van der Waals surface area contributed by atoms with Gasteiger partial charge in [0.25, 0.3) is 0 Å². The predicted octanol–water partition coefficient (Wildman–Crippen LogP) is 0.227. The summed E-state index contributed by atoms with van der Waals surface area (Å²) in [7, 11) is 0. The second kappa shape index (κ2) is 11.5. The zero-order valence-corrected chi connectivity index (χ0v) is 13.2. The Morgan fingerprint density at radius 3 is 2.90 bits per heavy atom. The third kappa shape index (κ3) is 8.01. The van der Waals surface area contributed by atoms with Gasteiger partial charge in [-0.15, -0.1) is 24.8 Å². The van der Waals surface area contributed by atoms with E-state index >= 15 is 0 Å². The van der Waals surface area contributed by atoms with Gasteiger partial charge < -0.3 is 20.7 Å². The quantitative estimate of drug-likeness (QED) is 0.644. The SMILES string of the molecule is Cl.Cl.O=C(CC1COCCN1)NCCNc1cnccn1. The molecule has 1 amide bonds. The Hall–Kier alpha value is -1.15. The van der Waals surface area contributed by atoms with Crippen molar-refractivity contribution in [2.45, 2.75) is 12.5 Å². The van der Waals surface area contributed by atoms with Crippen molar-refractivity contribution in [2.75, 3.05) is 38.2 Å². The number of halogens is 2. The molecule has 1 aliphatic heterocycles. The topological polar surface area (TPSA) is 88.2 Å². The van der Waals surface area contributed by atoms with Gasteiger partial charge >= 0.3 is 0 Å². The fraction of sp³-hybridized carbons (Fsp3) is 0.583. The number of aromatic nitrogens is 2. The number of morpholine rings is 1. The van der Waals surface area contributed by atoms with E-state index in [-0.39, 0.29) is 36.8 Å². The third-order valence-corrected chi connectivity index (χ3v) is 2.75. The number of hydrogen-bond donors (Lipinski definition) is 3. The van der Waals surface area contributed by atoms with Crippen molar-refractivity contribution in [1.29, 1.82) is 0 Å². The molecule has 7 nitrogen and oxygen atoms in total. The molecular formula is C12H21Cl2N5O2. The molecule has 2 rings (SSSR count). The van der Waals surface area contributed by atoms with Crippen LogP contribution in [0.3, 0.4) is 0 Å². The Kier molecular flexibility index (Phi) is 10.9. The maximum atomic E-state index is 11.7. The minimum Gasteiger partial charge on any atom is -0.378 e. The summed E-state index contributed by atoms with van der Waals surface area (Å²) >= 11 is 0. The molecule has 1 aliphatic rings. The maximum Gasteiger partial charge on any atom is 0.221 e. The minimum atomic E-state index is 0. The van der Waals surface area contributed by atoms with Gasteiger partial charge in [-0.25, -0.2) is 4.98 Å². The highest BCUT2D eigenvalue weighted by Crippen LogP contribution is 1.98. The van der Waals surface area contributed by atoms with Gasteiger partial charge in [0.05, 0.1) is 19.4 Å². The Balaban J connectivity index is 0.00000200. The Morgan fingerprint density at radius 2 is 2.24 bits per heavy atom. The molecule has 1 saturated heterocycles. The van der Waals surface area contributed by atoms with Crippen molar-refractivity contribution in [3.63, 3.8) is 0 Å². The second-order valence-electron chi connectivity index (χ2n) is 4.30. The van der Waals surface area contributed by atoms with Crippen LogP contribution in [0.25, 0.3) is 0 Å². The van der Waals surface area contributed by atoms with Gasteiger partial charge in [0.1, 0.15) is 5.82 Å². The van der Waals surface area contributed by atoms with Gasteiger partial charge in [0.2, 0.25) is 5.91 Å². The first-order valence-corrected chi connectivity index (χ1v) is 6.42. The lowest BCUT2D eigenvalue weighted by Gasteiger charge is -2.23. The number of ether oxygens (including phenoxy) is 1. The van der Waals surface area contributed by atoms with Gasteiger partial charge in [-0.05, 0) is 0 Å². The molecule has 0 saturated carbocycles. The van der Waals surface area contributed by atoms with Crippen LogP contribution in [-0.4, -0.2) is 54.8 Å². The zero-order chi connectivity index (χ0) is 13.3. The molecule has 1 atom stereocenters. The van der Waals surface area contributed by atoms with Gasteiger partial charge in [-0.1, -0.05) is 0 Å². The van der Waals surface area contributed by atoms with E-state index in [9.17, 15) is 4.79 Å². The Labute approximate surface area is 136 Å². The van der Waals surface area contributed by atoms with Gasteiger partial charge in [0.15, 0.2) is 0 Å². The molecular weight excluding hydrogens is 317 g/mol. The average Bonchev–Trinajstić information content (AvgIpc) is 2.46. The van der Waals surface area contributed by atoms with Crippen molar-refractivity contribution in [3.8, 4) is 0 Å². The maximum absolute atomic E-state index is 11.7. The van der Waals surface area contributed by atoms with Crippen LogP contribution in [0.15, 0.2) is 18.6 Å². The molecule has 1 aromatic heterocycles. The van der Waals surface area contributed by atoms with E-state index in [4.69, 9.17) is 4.74 Å². The number of hydrogen-bond acceptors (Lipinski definition) is 6. The first-order chi connectivity index (χ1) is 9.34. The smallest absolute Gasteiger partial charge is 0.221 e. The highest BCUT2D eigenvalue weighted by atomic mass is 35.5. The van der Waals surface area contributed by atoms with E-state index in [2.05, 4.69) is 25.9 Å². The summed E-state index contributed by atoms with van der Waals surface area (Å²) in [5.74, 6) is 0.739. The van der Waals surface area contributed by atoms with Crippen LogP contribution >= 0.6 is 24.8 Å². The first-order valence-electron chi connectivity index (χ1n) is 6.42. The molecule has 0 radical (unpaired) electrons. The van der Waals surface area contributed by atoms with Crippen molar-refractivity contribution >= 4 is 36.5 Å². The Morgan fingerprint density at radius 1 is 1.38 bits per heavy atom. The number of anilines is 1. The molecule has 2 heterocycles. The Bertz CT molecular complexity index is 390. The molecule has 0 spiro atoms. The van der Waals surface area contributed by atoms with Gasteiger partial charge in [-0.2, -0.15) is 0 Å². The minimum absolute atomic E-state index is 0. The zero-order valence-electron chi connectivity index (χ0n) is 11.6. The summed E-state index contributed by atoms with van der Waals surface area (Å²) in [5.41, 5.74) is 0. The largest absolute Gasteiger partial charge is 0.378 e. The highest BCUT2D eigenvalue weighted by Gasteiger charge is 2.16. The number of rotatable bonds is 6. The normalized spacial score (nSPS) is 17.0. The summed E-state index contributed by atoms with van der Waals surface area (Å²) in [6, 6.07) is 0.127. The molecule has 3 N–H and O–H groups in total. The highest BCUT2D eigenvalue weighted by molar-refractivity contribution is 5.85. The summed E-state index contributed by atoms with van der Waals surface area (Å²) < 4.78 is 5.30.